The minimum Gasteiger partial charge on any atom is -0.349 e. The van der Waals surface area contributed by atoms with Gasteiger partial charge in [0.25, 0.3) is 0 Å². The maximum absolute atomic E-state index is 12.6. The summed E-state index contributed by atoms with van der Waals surface area (Å²) in [5.74, 6) is 0.830. The Labute approximate surface area is 305 Å². The third-order valence-electron chi connectivity index (χ3n) is 8.46. The van der Waals surface area contributed by atoms with Gasteiger partial charge in [0.2, 0.25) is 29.5 Å². The lowest BCUT2D eigenvalue weighted by Gasteiger charge is -2.33. The van der Waals surface area contributed by atoms with Crippen LogP contribution in [0.4, 0.5) is 0 Å². The Kier molecular flexibility index (Phi) is 28.4. The number of likely N-dealkylation sites (N-methyl/N-ethyl adjacent to an activating group) is 4. The minimum atomic E-state index is -0.0483. The van der Waals surface area contributed by atoms with Crippen LogP contribution in [0.3, 0.4) is 0 Å². The van der Waals surface area contributed by atoms with E-state index in [0.717, 1.165) is 19.6 Å². The fourth-order valence-corrected chi connectivity index (χ4v) is 4.99. The number of nitrogens with zero attached hydrogens (tertiary/aromatic N) is 8. The lowest BCUT2D eigenvalue weighted by Crippen LogP contribution is -2.48. The van der Waals surface area contributed by atoms with Gasteiger partial charge in [-0.2, -0.15) is 0 Å². The summed E-state index contributed by atoms with van der Waals surface area (Å²) in [4.78, 5) is 74.5. The molecule has 0 spiro atoms. The molecule has 0 saturated heterocycles. The molecule has 0 unspecified atom stereocenters. The predicted octanol–water partition coefficient (Wildman–Crippen LogP) is 0.926. The Morgan fingerprint density at radius 2 is 0.880 bits per heavy atom. The second kappa shape index (κ2) is 28.8. The first-order chi connectivity index (χ1) is 23.5. The minimum absolute atomic E-state index is 0.0213. The standard InChI is InChI=1S/C29H58N8O4.C5H11NO.C2H6/c1-31(2)26(38)20-30-14-15-35(17-19-37(23-28(40)33(5)6)24-29(41)34(7)8)16-18-36(22-27(39)32(3)4)21-25-12-10-9-11-13-25;1-4-5(7)6(2)3;1-2/h25,30H,9-24H2,1-8H3;4H2,1-3H3;1-2H3. The van der Waals surface area contributed by atoms with Crippen LogP contribution in [-0.2, 0) is 24.0 Å². The maximum atomic E-state index is 12.6. The molecular formula is C36H75N9O5. The molecule has 5 amide bonds. The molecule has 0 radical (unpaired) electrons. The molecule has 1 aliphatic rings. The molecule has 0 atom stereocenters. The Balaban J connectivity index is 0. The average molecular weight is 714 g/mol. The summed E-state index contributed by atoms with van der Waals surface area (Å²) in [6.45, 7) is 11.8. The monoisotopic (exact) mass is 714 g/mol. The second-order valence-electron chi connectivity index (χ2n) is 13.8. The van der Waals surface area contributed by atoms with Gasteiger partial charge in [0, 0.05) is 123 Å². The largest absolute Gasteiger partial charge is 0.349 e. The van der Waals surface area contributed by atoms with E-state index in [2.05, 4.69) is 15.1 Å². The average Bonchev–Trinajstić information content (AvgIpc) is 3.07. The fourth-order valence-electron chi connectivity index (χ4n) is 4.99. The molecule has 1 saturated carbocycles. The lowest BCUT2D eigenvalue weighted by molar-refractivity contribution is -0.133. The summed E-state index contributed by atoms with van der Waals surface area (Å²) >= 11 is 0. The van der Waals surface area contributed by atoms with Gasteiger partial charge < -0.3 is 29.8 Å². The number of carbonyl (C=O) groups excluding carboxylic acids is 5. The molecule has 0 heterocycles. The van der Waals surface area contributed by atoms with E-state index >= 15 is 0 Å². The smallest absolute Gasteiger partial charge is 0.236 e. The van der Waals surface area contributed by atoms with Crippen LogP contribution in [0, 0.1) is 5.92 Å². The van der Waals surface area contributed by atoms with Gasteiger partial charge in [0.15, 0.2) is 0 Å². The van der Waals surface area contributed by atoms with Crippen LogP contribution >= 0.6 is 0 Å². The highest BCUT2D eigenvalue weighted by Crippen LogP contribution is 2.24. The van der Waals surface area contributed by atoms with Crippen LogP contribution in [0.2, 0.25) is 0 Å². The number of amides is 5. The van der Waals surface area contributed by atoms with Gasteiger partial charge in [-0.1, -0.05) is 40.0 Å². The summed E-state index contributed by atoms with van der Waals surface area (Å²) in [6.07, 6.45) is 6.86. The quantitative estimate of drug-likeness (QED) is 0.184. The normalized spacial score (nSPS) is 12.8. The fraction of sp³-hybridized carbons (Fsp3) is 0.861. The number of hydrogen-bond acceptors (Lipinski definition) is 9. The van der Waals surface area contributed by atoms with Gasteiger partial charge in [0.05, 0.1) is 26.2 Å². The Bertz CT molecular complexity index is 932. The molecular weight excluding hydrogens is 638 g/mol. The number of carbonyl (C=O) groups is 5. The molecule has 14 nitrogen and oxygen atoms in total. The first kappa shape index (κ1) is 49.3. The molecule has 0 aromatic carbocycles. The first-order valence-corrected chi connectivity index (χ1v) is 18.4. The lowest BCUT2D eigenvalue weighted by atomic mass is 9.89. The third kappa shape index (κ3) is 24.4. The maximum Gasteiger partial charge on any atom is 0.236 e. The van der Waals surface area contributed by atoms with E-state index in [1.807, 2.05) is 25.7 Å². The van der Waals surface area contributed by atoms with E-state index in [0.29, 0.717) is 45.1 Å². The molecule has 14 heteroatoms. The van der Waals surface area contributed by atoms with E-state index in [9.17, 15) is 24.0 Å². The molecule has 1 fully saturated rings. The van der Waals surface area contributed by atoms with Crippen molar-refractivity contribution in [1.82, 2.24) is 44.5 Å². The van der Waals surface area contributed by atoms with Gasteiger partial charge in [-0.25, -0.2) is 0 Å². The second-order valence-corrected chi connectivity index (χ2v) is 13.8. The molecule has 0 aromatic rings. The van der Waals surface area contributed by atoms with Gasteiger partial charge in [-0.3, -0.25) is 38.7 Å². The summed E-state index contributed by atoms with van der Waals surface area (Å²) < 4.78 is 0. The van der Waals surface area contributed by atoms with Gasteiger partial charge >= 0.3 is 0 Å². The van der Waals surface area contributed by atoms with Gasteiger partial charge in [-0.15, -0.1) is 0 Å². The predicted molar refractivity (Wildman–Crippen MR) is 204 cm³/mol. The highest BCUT2D eigenvalue weighted by Gasteiger charge is 2.22. The number of nitrogens with one attached hydrogen (secondary N) is 1. The van der Waals surface area contributed by atoms with Crippen LogP contribution in [0.25, 0.3) is 0 Å². The summed E-state index contributed by atoms with van der Waals surface area (Å²) in [5, 5.41) is 3.24. The molecule has 1 aliphatic carbocycles. The van der Waals surface area contributed by atoms with Crippen molar-refractivity contribution in [3.05, 3.63) is 0 Å². The SMILES string of the molecule is CC.CCC(=O)N(C)C.CN(C)C(=O)CNCCN(CCN(CC(=O)N(C)C)CC(=O)N(C)C)CCN(CC(=O)N(C)C)CC1CCCCC1. The third-order valence-corrected chi connectivity index (χ3v) is 8.46. The molecule has 0 bridgehead atoms. The van der Waals surface area contributed by atoms with E-state index in [-0.39, 0.29) is 49.2 Å². The molecule has 0 aliphatic heterocycles. The van der Waals surface area contributed by atoms with E-state index in [1.54, 1.807) is 95.0 Å². The van der Waals surface area contributed by atoms with Crippen LogP contribution in [0.5, 0.6) is 0 Å². The molecule has 1 rings (SSSR count). The Morgan fingerprint density at radius 1 is 0.500 bits per heavy atom. The van der Waals surface area contributed by atoms with Crippen molar-refractivity contribution in [2.24, 2.45) is 5.92 Å². The molecule has 1 N–H and O–H groups in total. The Hall–Kier alpha value is -2.81. The molecule has 294 valence electrons. The van der Waals surface area contributed by atoms with Gasteiger partial charge in [0.1, 0.15) is 0 Å². The zero-order valence-electron chi connectivity index (χ0n) is 34.2. The zero-order valence-corrected chi connectivity index (χ0v) is 34.2. The van der Waals surface area contributed by atoms with Crippen molar-refractivity contribution in [2.45, 2.75) is 59.3 Å². The molecule has 0 aromatic heterocycles. The van der Waals surface area contributed by atoms with Crippen LogP contribution in [0.1, 0.15) is 59.3 Å². The summed E-state index contributed by atoms with van der Waals surface area (Å²) in [5.41, 5.74) is 0. The first-order valence-electron chi connectivity index (χ1n) is 18.4. The summed E-state index contributed by atoms with van der Waals surface area (Å²) in [7, 11) is 17.5. The zero-order chi connectivity index (χ0) is 38.8. The Morgan fingerprint density at radius 3 is 1.26 bits per heavy atom. The van der Waals surface area contributed by atoms with Crippen LogP contribution in [0.15, 0.2) is 0 Å². The van der Waals surface area contributed by atoms with Crippen molar-refractivity contribution < 1.29 is 24.0 Å². The highest BCUT2D eigenvalue weighted by atomic mass is 16.2. The van der Waals surface area contributed by atoms with E-state index in [1.165, 1.54) is 32.1 Å². The van der Waals surface area contributed by atoms with Crippen LogP contribution in [-0.4, -0.2) is 211 Å². The van der Waals surface area contributed by atoms with Crippen molar-refractivity contribution in [1.29, 1.82) is 0 Å². The highest BCUT2D eigenvalue weighted by molar-refractivity contribution is 5.81. The van der Waals surface area contributed by atoms with Crippen molar-refractivity contribution in [3.63, 3.8) is 0 Å². The van der Waals surface area contributed by atoms with Gasteiger partial charge in [-0.05, 0) is 18.8 Å². The molecule has 50 heavy (non-hydrogen) atoms. The number of hydrogen-bond donors (Lipinski definition) is 1. The van der Waals surface area contributed by atoms with E-state index in [4.69, 9.17) is 0 Å². The number of rotatable bonds is 20. The van der Waals surface area contributed by atoms with Crippen molar-refractivity contribution in [2.75, 3.05) is 142 Å². The van der Waals surface area contributed by atoms with E-state index < -0.39 is 0 Å². The van der Waals surface area contributed by atoms with Crippen molar-refractivity contribution in [3.8, 4) is 0 Å². The van der Waals surface area contributed by atoms with Crippen molar-refractivity contribution >= 4 is 29.5 Å². The van der Waals surface area contributed by atoms with Crippen LogP contribution < -0.4 is 5.32 Å². The topological polar surface area (TPSA) is 123 Å². The summed E-state index contributed by atoms with van der Waals surface area (Å²) in [6, 6.07) is 0.